The summed E-state index contributed by atoms with van der Waals surface area (Å²) in [4.78, 5) is 22.9. The third-order valence-electron chi connectivity index (χ3n) is 2.72. The molecular weight excluding hydrogens is 323 g/mol. The summed E-state index contributed by atoms with van der Waals surface area (Å²) in [6, 6.07) is 12.2. The molecule has 2 aromatic carbocycles. The molecule has 100 valence electrons. The van der Waals surface area contributed by atoms with Gasteiger partial charge in [-0.05, 0) is 23.8 Å². The number of carbonyl (C=O) groups is 2. The van der Waals surface area contributed by atoms with Gasteiger partial charge < -0.3 is 0 Å². The molecule has 0 unspecified atom stereocenters. The van der Waals surface area contributed by atoms with Crippen molar-refractivity contribution in [2.24, 2.45) is 0 Å². The van der Waals surface area contributed by atoms with E-state index in [2.05, 4.69) is 15.9 Å². The largest absolute Gasteiger partial charge is 0.324 e. The fourth-order valence-electron chi connectivity index (χ4n) is 1.79. The van der Waals surface area contributed by atoms with Crippen molar-refractivity contribution in [3.8, 4) is 0 Å². The summed E-state index contributed by atoms with van der Waals surface area (Å²) in [5.41, 5.74) is 1.43. The van der Waals surface area contributed by atoms with Crippen molar-refractivity contribution in [3.63, 3.8) is 0 Å². The zero-order valence-electron chi connectivity index (χ0n) is 10.3. The van der Waals surface area contributed by atoms with Crippen molar-refractivity contribution in [2.45, 2.75) is 0 Å². The molecule has 0 aliphatic heterocycles. The van der Waals surface area contributed by atoms with E-state index in [0.717, 1.165) is 6.08 Å². The summed E-state index contributed by atoms with van der Waals surface area (Å²) in [6.07, 6.45) is 2.10. The summed E-state index contributed by atoms with van der Waals surface area (Å²) in [7, 11) is 0. The summed E-state index contributed by atoms with van der Waals surface area (Å²) >= 11 is 3.33. The van der Waals surface area contributed by atoms with Gasteiger partial charge in [-0.25, -0.2) is 0 Å². The van der Waals surface area contributed by atoms with Crippen LogP contribution in [0.25, 0.3) is 6.08 Å². The monoisotopic (exact) mass is 332 g/mol. The lowest BCUT2D eigenvalue weighted by Gasteiger charge is -2.06. The molecule has 0 atom stereocenters. The molecule has 0 aliphatic carbocycles. The molecule has 0 N–H and O–H groups in total. The minimum atomic E-state index is -1.55. The average Bonchev–Trinajstić information content (AvgIpc) is 2.45. The molecule has 0 spiro atoms. The second-order valence-corrected chi connectivity index (χ2v) is 4.89. The molecule has 2 aromatic rings. The number of hydrogen-bond donors (Lipinski definition) is 0. The predicted octanol–water partition coefficient (Wildman–Crippen LogP) is 4.19. The third-order valence-corrected chi connectivity index (χ3v) is 3.41. The maximum atomic E-state index is 12.5. The molecule has 2 nitrogen and oxygen atoms in total. The molecule has 0 saturated heterocycles. The molecular formula is C16H10BrFO2. The number of rotatable bonds is 4. The first kappa shape index (κ1) is 14.3. The normalized spacial score (nSPS) is 10.7. The van der Waals surface area contributed by atoms with Crippen LogP contribution in [0.3, 0.4) is 0 Å². The number of halogens is 2. The first-order valence-electron chi connectivity index (χ1n) is 5.85. The van der Waals surface area contributed by atoms with Gasteiger partial charge in [0, 0.05) is 21.7 Å². The van der Waals surface area contributed by atoms with Gasteiger partial charge >= 0.3 is 6.04 Å². The van der Waals surface area contributed by atoms with Crippen LogP contribution in [0.15, 0.2) is 59.1 Å². The average molecular weight is 333 g/mol. The second kappa shape index (κ2) is 6.39. The van der Waals surface area contributed by atoms with E-state index in [1.165, 1.54) is 6.08 Å². The SMILES string of the molecule is O=C(F)/C=C/c1ccccc1C(=O)c1ccccc1Br. The summed E-state index contributed by atoms with van der Waals surface area (Å²) < 4.78 is 13.0. The van der Waals surface area contributed by atoms with Crippen LogP contribution in [0.1, 0.15) is 21.5 Å². The smallest absolute Gasteiger partial charge is 0.289 e. The van der Waals surface area contributed by atoms with Gasteiger partial charge in [0.25, 0.3) is 0 Å². The quantitative estimate of drug-likeness (QED) is 0.478. The van der Waals surface area contributed by atoms with E-state index in [9.17, 15) is 14.0 Å². The lowest BCUT2D eigenvalue weighted by molar-refractivity contribution is -0.124. The van der Waals surface area contributed by atoms with Crippen molar-refractivity contribution in [1.82, 2.24) is 0 Å². The standard InChI is InChI=1S/C16H10BrFO2/c17-14-8-4-3-7-13(14)16(20)12-6-2-1-5-11(12)9-10-15(18)19/h1-10H/b10-9+. The van der Waals surface area contributed by atoms with Crippen LogP contribution in [0.4, 0.5) is 4.39 Å². The zero-order chi connectivity index (χ0) is 14.5. The van der Waals surface area contributed by atoms with Crippen LogP contribution in [-0.2, 0) is 4.79 Å². The minimum Gasteiger partial charge on any atom is -0.289 e. The van der Waals surface area contributed by atoms with Crippen molar-refractivity contribution in [2.75, 3.05) is 0 Å². The lowest BCUT2D eigenvalue weighted by Crippen LogP contribution is -2.04. The highest BCUT2D eigenvalue weighted by atomic mass is 79.9. The number of benzene rings is 2. The third kappa shape index (κ3) is 3.27. The van der Waals surface area contributed by atoms with E-state index in [4.69, 9.17) is 0 Å². The van der Waals surface area contributed by atoms with Gasteiger partial charge in [0.05, 0.1) is 0 Å². The Morgan fingerprint density at radius 1 is 0.950 bits per heavy atom. The summed E-state index contributed by atoms with van der Waals surface area (Å²) in [5, 5.41) is 0. The topological polar surface area (TPSA) is 34.1 Å². The number of hydrogen-bond acceptors (Lipinski definition) is 2. The van der Waals surface area contributed by atoms with Crippen molar-refractivity contribution >= 4 is 33.8 Å². The Bertz CT molecular complexity index is 692. The van der Waals surface area contributed by atoms with Gasteiger partial charge in [0.1, 0.15) is 0 Å². The highest BCUT2D eigenvalue weighted by Crippen LogP contribution is 2.22. The van der Waals surface area contributed by atoms with Gasteiger partial charge in [-0.2, -0.15) is 4.39 Å². The molecule has 0 amide bonds. The van der Waals surface area contributed by atoms with E-state index >= 15 is 0 Å². The fraction of sp³-hybridized carbons (Fsp3) is 0. The second-order valence-electron chi connectivity index (χ2n) is 4.03. The molecule has 0 saturated carbocycles. The molecule has 0 heterocycles. The van der Waals surface area contributed by atoms with Gasteiger partial charge in [0.15, 0.2) is 5.78 Å². The van der Waals surface area contributed by atoms with Gasteiger partial charge in [-0.3, -0.25) is 9.59 Å². The Labute approximate surface area is 124 Å². The van der Waals surface area contributed by atoms with Crippen molar-refractivity contribution in [3.05, 3.63) is 75.8 Å². The number of carbonyl (C=O) groups excluding carboxylic acids is 2. The van der Waals surface area contributed by atoms with E-state index in [0.29, 0.717) is 21.2 Å². The maximum absolute atomic E-state index is 12.5. The first-order valence-corrected chi connectivity index (χ1v) is 6.64. The van der Waals surface area contributed by atoms with E-state index in [1.54, 1.807) is 42.5 Å². The Morgan fingerprint density at radius 3 is 2.20 bits per heavy atom. The fourth-order valence-corrected chi connectivity index (χ4v) is 2.26. The molecule has 20 heavy (non-hydrogen) atoms. The Balaban J connectivity index is 2.46. The molecule has 0 fully saturated rings. The van der Waals surface area contributed by atoms with Crippen molar-refractivity contribution < 1.29 is 14.0 Å². The van der Waals surface area contributed by atoms with Crippen LogP contribution in [0.5, 0.6) is 0 Å². The van der Waals surface area contributed by atoms with Crippen LogP contribution < -0.4 is 0 Å². The number of allylic oxidation sites excluding steroid dienone is 1. The van der Waals surface area contributed by atoms with Crippen LogP contribution in [-0.4, -0.2) is 11.8 Å². The van der Waals surface area contributed by atoms with Crippen LogP contribution >= 0.6 is 15.9 Å². The predicted molar refractivity (Wildman–Crippen MR) is 79.2 cm³/mol. The highest BCUT2D eigenvalue weighted by Gasteiger charge is 2.14. The highest BCUT2D eigenvalue weighted by molar-refractivity contribution is 9.10. The maximum Gasteiger partial charge on any atom is 0.324 e. The van der Waals surface area contributed by atoms with E-state index in [-0.39, 0.29) is 5.78 Å². The molecule has 2 rings (SSSR count). The Kier molecular flexibility index (Phi) is 4.58. The van der Waals surface area contributed by atoms with Crippen LogP contribution in [0.2, 0.25) is 0 Å². The number of ketones is 1. The van der Waals surface area contributed by atoms with Gasteiger partial charge in [0.2, 0.25) is 0 Å². The molecule has 4 heteroatoms. The van der Waals surface area contributed by atoms with Gasteiger partial charge in [-0.1, -0.05) is 52.3 Å². The minimum absolute atomic E-state index is 0.191. The Hall–Kier alpha value is -2.07. The molecule has 0 aliphatic rings. The zero-order valence-corrected chi connectivity index (χ0v) is 11.9. The Morgan fingerprint density at radius 2 is 1.55 bits per heavy atom. The molecule has 0 bridgehead atoms. The van der Waals surface area contributed by atoms with Crippen LogP contribution in [0, 0.1) is 0 Å². The first-order chi connectivity index (χ1) is 9.59. The molecule has 0 radical (unpaired) electrons. The van der Waals surface area contributed by atoms with E-state index in [1.807, 2.05) is 6.07 Å². The van der Waals surface area contributed by atoms with Gasteiger partial charge in [-0.15, -0.1) is 0 Å². The summed E-state index contributed by atoms with van der Waals surface area (Å²) in [6.45, 7) is 0. The summed E-state index contributed by atoms with van der Waals surface area (Å²) in [5.74, 6) is -0.191. The lowest BCUT2D eigenvalue weighted by atomic mass is 9.98. The molecule has 0 aromatic heterocycles. The van der Waals surface area contributed by atoms with Crippen molar-refractivity contribution in [1.29, 1.82) is 0 Å². The van der Waals surface area contributed by atoms with E-state index < -0.39 is 6.04 Å².